The zero-order chi connectivity index (χ0) is 10.6. The first kappa shape index (κ1) is 11.3. The van der Waals surface area contributed by atoms with Gasteiger partial charge in [-0.15, -0.1) is 0 Å². The third-order valence-corrected chi connectivity index (χ3v) is 3.21. The van der Waals surface area contributed by atoms with E-state index in [1.54, 1.807) is 0 Å². The predicted molar refractivity (Wildman–Crippen MR) is 56.9 cm³/mol. The van der Waals surface area contributed by atoms with Crippen molar-refractivity contribution in [3.05, 3.63) is 12.7 Å². The van der Waals surface area contributed by atoms with Gasteiger partial charge in [0.05, 0.1) is 6.61 Å². The minimum Gasteiger partial charge on any atom is -0.462 e. The van der Waals surface area contributed by atoms with E-state index in [9.17, 15) is 4.79 Å². The molecule has 0 spiro atoms. The van der Waals surface area contributed by atoms with Crippen molar-refractivity contribution in [1.29, 1.82) is 0 Å². The highest BCUT2D eigenvalue weighted by atomic mass is 16.5. The Hall–Kier alpha value is -0.790. The number of carbonyl (C=O) groups is 1. The second-order valence-corrected chi connectivity index (χ2v) is 4.81. The predicted octanol–water partition coefficient (Wildman–Crippen LogP) is 2.93. The van der Waals surface area contributed by atoms with Crippen molar-refractivity contribution in [2.24, 2.45) is 11.3 Å². The topological polar surface area (TPSA) is 26.3 Å². The summed E-state index contributed by atoms with van der Waals surface area (Å²) in [5.74, 6) is 0.531. The number of hydrogen-bond acceptors (Lipinski definition) is 2. The number of carbonyl (C=O) groups excluding carboxylic acids is 1. The van der Waals surface area contributed by atoms with Crippen molar-refractivity contribution >= 4 is 5.97 Å². The quantitative estimate of drug-likeness (QED) is 0.512. The van der Waals surface area contributed by atoms with Crippen molar-refractivity contribution < 1.29 is 9.53 Å². The normalized spacial score (nSPS) is 32.3. The average Bonchev–Trinajstić information content (AvgIpc) is 2.20. The molecule has 0 heterocycles. The van der Waals surface area contributed by atoms with Gasteiger partial charge in [-0.3, -0.25) is 0 Å². The van der Waals surface area contributed by atoms with Gasteiger partial charge in [0.15, 0.2) is 0 Å². The highest BCUT2D eigenvalue weighted by molar-refractivity contribution is 5.81. The van der Waals surface area contributed by atoms with Crippen LogP contribution in [0.15, 0.2) is 12.7 Å². The Labute approximate surface area is 86.3 Å². The Morgan fingerprint density at radius 2 is 2.14 bits per heavy atom. The van der Waals surface area contributed by atoms with Gasteiger partial charge in [0.1, 0.15) is 0 Å². The fourth-order valence-corrected chi connectivity index (χ4v) is 1.91. The maximum Gasteiger partial charge on any atom is 0.330 e. The maximum absolute atomic E-state index is 10.9. The van der Waals surface area contributed by atoms with E-state index in [2.05, 4.69) is 20.4 Å². The lowest BCUT2D eigenvalue weighted by Crippen LogP contribution is -2.29. The van der Waals surface area contributed by atoms with Gasteiger partial charge in [-0.1, -0.05) is 33.3 Å². The second-order valence-electron chi connectivity index (χ2n) is 4.81. The van der Waals surface area contributed by atoms with E-state index in [-0.39, 0.29) is 11.4 Å². The summed E-state index contributed by atoms with van der Waals surface area (Å²) in [7, 11) is 0. The van der Waals surface area contributed by atoms with Crippen LogP contribution in [0.2, 0.25) is 0 Å². The molecule has 2 heteroatoms. The summed E-state index contributed by atoms with van der Waals surface area (Å²) >= 11 is 0. The smallest absolute Gasteiger partial charge is 0.330 e. The van der Waals surface area contributed by atoms with Crippen LogP contribution in [0.3, 0.4) is 0 Å². The van der Waals surface area contributed by atoms with E-state index in [1.807, 2.05) is 0 Å². The zero-order valence-corrected chi connectivity index (χ0v) is 9.21. The van der Waals surface area contributed by atoms with Gasteiger partial charge in [-0.2, -0.15) is 0 Å². The molecule has 0 saturated heterocycles. The molecule has 0 aromatic carbocycles. The number of esters is 1. The average molecular weight is 196 g/mol. The van der Waals surface area contributed by atoms with Gasteiger partial charge >= 0.3 is 5.97 Å². The Balaban J connectivity index is 2.35. The van der Waals surface area contributed by atoms with Crippen LogP contribution in [0.25, 0.3) is 0 Å². The Morgan fingerprint density at radius 1 is 1.57 bits per heavy atom. The lowest BCUT2D eigenvalue weighted by atomic mass is 9.73. The summed E-state index contributed by atoms with van der Waals surface area (Å²) in [6.45, 7) is 8.42. The summed E-state index contributed by atoms with van der Waals surface area (Å²) in [4.78, 5) is 10.9. The van der Waals surface area contributed by atoms with Crippen molar-refractivity contribution in [3.8, 4) is 0 Å². The molecule has 0 amide bonds. The molecule has 1 aliphatic rings. The van der Waals surface area contributed by atoms with Crippen LogP contribution in [0.4, 0.5) is 0 Å². The summed E-state index contributed by atoms with van der Waals surface area (Å²) in [6.07, 6.45) is 6.07. The second kappa shape index (κ2) is 4.63. The molecule has 0 N–H and O–H groups in total. The molecule has 0 radical (unpaired) electrons. The van der Waals surface area contributed by atoms with Crippen LogP contribution in [0.1, 0.15) is 39.5 Å². The lowest BCUT2D eigenvalue weighted by Gasteiger charge is -2.35. The molecule has 0 bridgehead atoms. The van der Waals surface area contributed by atoms with Gasteiger partial charge in [0.25, 0.3) is 0 Å². The molecule has 1 fully saturated rings. The van der Waals surface area contributed by atoms with Crippen LogP contribution in [0.5, 0.6) is 0 Å². The van der Waals surface area contributed by atoms with Gasteiger partial charge < -0.3 is 4.74 Å². The van der Waals surface area contributed by atoms with Crippen molar-refractivity contribution in [2.75, 3.05) is 6.61 Å². The lowest BCUT2D eigenvalue weighted by molar-refractivity contribution is -0.141. The van der Waals surface area contributed by atoms with Gasteiger partial charge in [0.2, 0.25) is 0 Å². The van der Waals surface area contributed by atoms with E-state index in [0.717, 1.165) is 5.92 Å². The summed E-state index contributed by atoms with van der Waals surface area (Å²) in [5, 5.41) is 0. The van der Waals surface area contributed by atoms with Crippen molar-refractivity contribution in [3.63, 3.8) is 0 Å². The third kappa shape index (κ3) is 3.17. The van der Waals surface area contributed by atoms with Crippen molar-refractivity contribution in [2.45, 2.75) is 39.5 Å². The molecule has 0 aliphatic heterocycles. The fraction of sp³-hybridized carbons (Fsp3) is 0.750. The van der Waals surface area contributed by atoms with Crippen LogP contribution in [-0.4, -0.2) is 12.6 Å². The van der Waals surface area contributed by atoms with Crippen molar-refractivity contribution in [1.82, 2.24) is 0 Å². The minimum absolute atomic E-state index is 0.200. The first-order valence-corrected chi connectivity index (χ1v) is 5.35. The van der Waals surface area contributed by atoms with Crippen LogP contribution < -0.4 is 0 Å². The first-order valence-electron chi connectivity index (χ1n) is 5.35. The molecular formula is C12H20O2. The number of ether oxygens (including phenoxy) is 1. The SMILES string of the molecule is C=CC(=O)OCC1(C)CCC(C)CC1. The first-order chi connectivity index (χ1) is 6.56. The standard InChI is InChI=1S/C12H20O2/c1-4-11(13)14-9-12(3)7-5-10(2)6-8-12/h4,10H,1,5-9H2,2-3H3. The van der Waals surface area contributed by atoms with Gasteiger partial charge in [-0.25, -0.2) is 4.79 Å². The molecule has 80 valence electrons. The van der Waals surface area contributed by atoms with E-state index >= 15 is 0 Å². The number of rotatable bonds is 3. The summed E-state index contributed by atoms with van der Waals surface area (Å²) < 4.78 is 5.11. The highest BCUT2D eigenvalue weighted by Crippen LogP contribution is 2.38. The molecule has 1 saturated carbocycles. The number of hydrogen-bond donors (Lipinski definition) is 0. The fourth-order valence-electron chi connectivity index (χ4n) is 1.91. The third-order valence-electron chi connectivity index (χ3n) is 3.21. The Morgan fingerprint density at radius 3 is 2.64 bits per heavy atom. The van der Waals surface area contributed by atoms with E-state index < -0.39 is 0 Å². The molecule has 2 nitrogen and oxygen atoms in total. The monoisotopic (exact) mass is 196 g/mol. The Bertz CT molecular complexity index is 212. The molecule has 14 heavy (non-hydrogen) atoms. The molecule has 0 atom stereocenters. The largest absolute Gasteiger partial charge is 0.462 e. The molecule has 0 unspecified atom stereocenters. The highest BCUT2D eigenvalue weighted by Gasteiger charge is 2.30. The molecule has 1 rings (SSSR count). The van der Waals surface area contributed by atoms with Crippen LogP contribution in [-0.2, 0) is 9.53 Å². The molecular weight excluding hydrogens is 176 g/mol. The van der Waals surface area contributed by atoms with E-state index in [1.165, 1.54) is 31.8 Å². The van der Waals surface area contributed by atoms with Gasteiger partial charge in [-0.05, 0) is 18.8 Å². The molecule has 1 aliphatic carbocycles. The van der Waals surface area contributed by atoms with Gasteiger partial charge in [0, 0.05) is 11.5 Å². The molecule has 0 aromatic rings. The van der Waals surface area contributed by atoms with Crippen LogP contribution in [0, 0.1) is 11.3 Å². The molecule has 0 aromatic heterocycles. The summed E-state index contributed by atoms with van der Waals surface area (Å²) in [5.41, 5.74) is 0.200. The maximum atomic E-state index is 10.9. The zero-order valence-electron chi connectivity index (χ0n) is 9.21. The van der Waals surface area contributed by atoms with Crippen LogP contribution >= 0.6 is 0 Å². The Kier molecular flexibility index (Phi) is 3.73. The van der Waals surface area contributed by atoms with E-state index in [0.29, 0.717) is 6.61 Å². The summed E-state index contributed by atoms with van der Waals surface area (Å²) in [6, 6.07) is 0. The minimum atomic E-state index is -0.301. The van der Waals surface area contributed by atoms with E-state index in [4.69, 9.17) is 4.74 Å².